The van der Waals surface area contributed by atoms with E-state index in [9.17, 15) is 9.59 Å². The van der Waals surface area contributed by atoms with Crippen molar-refractivity contribution in [2.24, 2.45) is 0 Å². The number of carbonyl (C=O) groups excluding carboxylic acids is 2. The van der Waals surface area contributed by atoms with Gasteiger partial charge in [0.05, 0.1) is 5.57 Å². The maximum absolute atomic E-state index is 12.3. The molecule has 6 N–H and O–H groups in total. The Morgan fingerprint density at radius 1 is 0.405 bits per heavy atom. The molecule has 0 aromatic heterocycles. The van der Waals surface area contributed by atoms with Gasteiger partial charge in [0, 0.05) is 12.8 Å². The van der Waals surface area contributed by atoms with Crippen molar-refractivity contribution in [3.8, 4) is 0 Å². The highest BCUT2D eigenvalue weighted by molar-refractivity contribution is 6.19. The van der Waals surface area contributed by atoms with E-state index in [4.69, 9.17) is 0 Å². The van der Waals surface area contributed by atoms with Crippen LogP contribution in [0.4, 0.5) is 0 Å². The summed E-state index contributed by atoms with van der Waals surface area (Å²) < 4.78 is 0. The molecule has 0 amide bonds. The van der Waals surface area contributed by atoms with E-state index in [-0.39, 0.29) is 29.4 Å². The van der Waals surface area contributed by atoms with Crippen molar-refractivity contribution in [3.05, 3.63) is 36.5 Å². The predicted molar refractivity (Wildman–Crippen MR) is 188 cm³/mol. The fraction of sp³-hybridized carbons (Fsp3) is 0.789. The van der Waals surface area contributed by atoms with Gasteiger partial charge in [-0.2, -0.15) is 0 Å². The third-order valence-electron chi connectivity index (χ3n) is 8.00. The van der Waals surface area contributed by atoms with Crippen LogP contribution in [0.5, 0.6) is 0 Å². The van der Waals surface area contributed by atoms with Crippen molar-refractivity contribution < 1.29 is 9.59 Å². The molecule has 4 nitrogen and oxygen atoms in total. The lowest BCUT2D eigenvalue weighted by Crippen LogP contribution is -2.11. The zero-order valence-corrected chi connectivity index (χ0v) is 28.5. The van der Waals surface area contributed by atoms with Gasteiger partial charge in [0.25, 0.3) is 0 Å². The Labute approximate surface area is 263 Å². The van der Waals surface area contributed by atoms with Gasteiger partial charge in [0.1, 0.15) is 0 Å². The second-order valence-electron chi connectivity index (χ2n) is 12.0. The Morgan fingerprint density at radius 2 is 0.643 bits per heavy atom. The second-order valence-corrected chi connectivity index (χ2v) is 12.0. The molecular weight excluding hydrogens is 516 g/mol. The summed E-state index contributed by atoms with van der Waals surface area (Å²) >= 11 is 0. The average Bonchev–Trinajstić information content (AvgIpc) is 2.96. The summed E-state index contributed by atoms with van der Waals surface area (Å²) in [7, 11) is 0. The van der Waals surface area contributed by atoms with Gasteiger partial charge < -0.3 is 12.3 Å². The lowest BCUT2D eigenvalue weighted by Gasteiger charge is -2.05. The molecule has 4 heteroatoms. The van der Waals surface area contributed by atoms with Crippen LogP contribution in [0.3, 0.4) is 0 Å². The molecule has 248 valence electrons. The molecule has 42 heavy (non-hydrogen) atoms. The standard InChI is InChI=1S/C38H68O2.2H3N/c1-4-6-8-10-12-14-16-18-20-22-24-26-28-30-32-34-37(39)36(3)38(40)35-33-31-29-27-25-23-21-19-17-15-13-11-9-7-5-2;;/h18-21H,3-17,22-35H2,1-2H3;2*1H3/b20-18-,21-19-;;. The van der Waals surface area contributed by atoms with Gasteiger partial charge in [-0.3, -0.25) is 9.59 Å². The lowest BCUT2D eigenvalue weighted by molar-refractivity contribution is -0.121. The Balaban J connectivity index is -0.00000760. The number of Topliss-reactive ketones (excluding diaryl/α,β-unsaturated/α-hetero) is 2. The molecule has 0 aromatic carbocycles. The van der Waals surface area contributed by atoms with Crippen molar-refractivity contribution in [3.63, 3.8) is 0 Å². The van der Waals surface area contributed by atoms with Crippen LogP contribution in [-0.2, 0) is 9.59 Å². The van der Waals surface area contributed by atoms with E-state index in [2.05, 4.69) is 44.7 Å². The molecule has 0 heterocycles. The molecule has 0 aromatic rings. The molecule has 0 unspecified atom stereocenters. The molecule has 0 rings (SSSR count). The second kappa shape index (κ2) is 37.5. The summed E-state index contributed by atoms with van der Waals surface area (Å²) in [5.74, 6) is -0.0641. The first kappa shape index (κ1) is 44.9. The van der Waals surface area contributed by atoms with Crippen molar-refractivity contribution in [1.29, 1.82) is 0 Å². The molecule has 0 aliphatic rings. The van der Waals surface area contributed by atoms with Crippen molar-refractivity contribution >= 4 is 11.6 Å². The van der Waals surface area contributed by atoms with Crippen molar-refractivity contribution in [2.45, 2.75) is 194 Å². The van der Waals surface area contributed by atoms with E-state index in [1.165, 1.54) is 141 Å². The van der Waals surface area contributed by atoms with Gasteiger partial charge in [-0.15, -0.1) is 0 Å². The summed E-state index contributed by atoms with van der Waals surface area (Å²) in [5, 5.41) is 0. The highest BCUT2D eigenvalue weighted by atomic mass is 16.1. The first-order valence-corrected chi connectivity index (χ1v) is 17.7. The zero-order chi connectivity index (χ0) is 29.4. The molecule has 0 radical (unpaired) electrons. The van der Waals surface area contributed by atoms with Gasteiger partial charge in [0.15, 0.2) is 11.6 Å². The van der Waals surface area contributed by atoms with E-state index in [1.54, 1.807) is 0 Å². The number of rotatable bonds is 32. The number of carbonyl (C=O) groups is 2. The predicted octanol–water partition coefficient (Wildman–Crippen LogP) is 13.1. The topological polar surface area (TPSA) is 104 Å². The first-order valence-electron chi connectivity index (χ1n) is 17.7. The van der Waals surface area contributed by atoms with Gasteiger partial charge in [0.2, 0.25) is 0 Å². The van der Waals surface area contributed by atoms with Crippen LogP contribution < -0.4 is 12.3 Å². The summed E-state index contributed by atoms with van der Waals surface area (Å²) in [6.45, 7) is 8.35. The number of hydrogen-bond acceptors (Lipinski definition) is 4. The van der Waals surface area contributed by atoms with E-state index in [1.807, 2.05) is 0 Å². The molecule has 0 bridgehead atoms. The summed E-state index contributed by atoms with van der Waals surface area (Å²) in [6, 6.07) is 0. The molecule has 0 saturated heterocycles. The minimum Gasteiger partial charge on any atom is -0.344 e. The highest BCUT2D eigenvalue weighted by Crippen LogP contribution is 2.14. The SMILES string of the molecule is C=C(C(=O)CCCCCCC/C=C\CCCCCCCC)C(=O)CCCCCCC/C=C\CCCCCCCC.N.N. The summed E-state index contributed by atoms with van der Waals surface area (Å²) in [4.78, 5) is 24.7. The maximum atomic E-state index is 12.3. The zero-order valence-electron chi connectivity index (χ0n) is 28.5. The highest BCUT2D eigenvalue weighted by Gasteiger charge is 2.14. The van der Waals surface area contributed by atoms with Gasteiger partial charge >= 0.3 is 0 Å². The normalized spacial score (nSPS) is 11.1. The Kier molecular flexibility index (Phi) is 40.1. The minimum absolute atomic E-state index is 0. The molecule has 0 aliphatic heterocycles. The molecule has 0 spiro atoms. The fourth-order valence-corrected chi connectivity index (χ4v) is 5.17. The van der Waals surface area contributed by atoms with Crippen molar-refractivity contribution in [1.82, 2.24) is 12.3 Å². The number of hydrogen-bond donors (Lipinski definition) is 2. The van der Waals surface area contributed by atoms with Crippen LogP contribution in [0.15, 0.2) is 36.5 Å². The quantitative estimate of drug-likeness (QED) is 0.0267. The molecule has 0 aliphatic carbocycles. The minimum atomic E-state index is -0.0321. The maximum Gasteiger partial charge on any atom is 0.165 e. The third kappa shape index (κ3) is 33.0. The van der Waals surface area contributed by atoms with Crippen molar-refractivity contribution in [2.75, 3.05) is 0 Å². The molecule has 0 saturated carbocycles. The summed E-state index contributed by atoms with van der Waals surface area (Å²) in [5.41, 5.74) is 0.242. The van der Waals surface area contributed by atoms with Gasteiger partial charge in [-0.1, -0.05) is 147 Å². The van der Waals surface area contributed by atoms with Gasteiger partial charge in [-0.25, -0.2) is 0 Å². The summed E-state index contributed by atoms with van der Waals surface area (Å²) in [6.07, 6.45) is 42.8. The van der Waals surface area contributed by atoms with Crippen LogP contribution >= 0.6 is 0 Å². The monoisotopic (exact) mass is 591 g/mol. The van der Waals surface area contributed by atoms with Crippen LogP contribution in [-0.4, -0.2) is 11.6 Å². The average molecular weight is 591 g/mol. The van der Waals surface area contributed by atoms with Crippen LogP contribution in [0.2, 0.25) is 0 Å². The van der Waals surface area contributed by atoms with Gasteiger partial charge in [-0.05, 0) is 64.2 Å². The smallest absolute Gasteiger partial charge is 0.165 e. The van der Waals surface area contributed by atoms with E-state index in [0.717, 1.165) is 25.7 Å². The lowest BCUT2D eigenvalue weighted by atomic mass is 9.98. The number of unbranched alkanes of at least 4 members (excludes halogenated alkanes) is 22. The van der Waals surface area contributed by atoms with Crippen LogP contribution in [0, 0.1) is 0 Å². The molecule has 0 fully saturated rings. The Hall–Kier alpha value is -1.52. The first-order chi connectivity index (χ1) is 19.6. The van der Waals surface area contributed by atoms with Crippen LogP contribution in [0.1, 0.15) is 194 Å². The van der Waals surface area contributed by atoms with E-state index >= 15 is 0 Å². The van der Waals surface area contributed by atoms with E-state index < -0.39 is 0 Å². The number of allylic oxidation sites excluding steroid dienone is 5. The molecular formula is C38H74N2O2. The van der Waals surface area contributed by atoms with Crippen LogP contribution in [0.25, 0.3) is 0 Å². The Bertz CT molecular complexity index is 599. The molecule has 0 atom stereocenters. The Morgan fingerprint density at radius 3 is 0.929 bits per heavy atom. The van der Waals surface area contributed by atoms with E-state index in [0.29, 0.717) is 12.8 Å². The number of ketones is 2. The largest absolute Gasteiger partial charge is 0.344 e. The third-order valence-corrected chi connectivity index (χ3v) is 8.00. The fourth-order valence-electron chi connectivity index (χ4n) is 5.17.